The summed E-state index contributed by atoms with van der Waals surface area (Å²) in [5.41, 5.74) is 7.96. The second kappa shape index (κ2) is 6.14. The van der Waals surface area contributed by atoms with Crippen molar-refractivity contribution in [1.82, 2.24) is 23.9 Å². The lowest BCUT2D eigenvalue weighted by Crippen LogP contribution is -2.11. The summed E-state index contributed by atoms with van der Waals surface area (Å²) in [7, 11) is 0. The maximum Gasteiger partial charge on any atom is 0.160 e. The normalized spacial score (nSPS) is 15.1. The molecule has 9 heteroatoms. The summed E-state index contributed by atoms with van der Waals surface area (Å²) in [4.78, 5) is 14.3. The minimum Gasteiger partial charge on any atom is -0.374 e. The molecule has 0 amide bonds. The number of nitroso groups, excluding NO2 is 1. The molecule has 4 heterocycles. The van der Waals surface area contributed by atoms with Gasteiger partial charge < -0.3 is 10.3 Å². The number of H-pyrrole nitrogens is 1. The summed E-state index contributed by atoms with van der Waals surface area (Å²) in [6, 6.07) is 14.0. The van der Waals surface area contributed by atoms with Gasteiger partial charge in [0.15, 0.2) is 5.65 Å². The lowest BCUT2D eigenvalue weighted by Gasteiger charge is -2.19. The number of benzene rings is 2. The van der Waals surface area contributed by atoms with Gasteiger partial charge in [-0.3, -0.25) is 0 Å². The van der Waals surface area contributed by atoms with Crippen LogP contribution in [-0.2, 0) is 6.54 Å². The molecule has 0 fully saturated rings. The van der Waals surface area contributed by atoms with E-state index in [-0.39, 0.29) is 12.6 Å². The molecule has 1 aliphatic rings. The molecule has 6 rings (SSSR count). The molecule has 1 atom stereocenters. The molecule has 8 nitrogen and oxygen atoms in total. The van der Waals surface area contributed by atoms with Crippen LogP contribution in [0.4, 0.5) is 5.69 Å². The number of nitrogens with one attached hydrogen (secondary N) is 2. The SMILES string of the molecule is O=NCc1nnc2[nH]cc3c2c1-c1ccccc1NC3c1ccc2nsnc2c1. The van der Waals surface area contributed by atoms with E-state index >= 15 is 0 Å². The summed E-state index contributed by atoms with van der Waals surface area (Å²) in [5, 5.41) is 16.3. The van der Waals surface area contributed by atoms with E-state index in [0.717, 1.165) is 44.4 Å². The Labute approximate surface area is 168 Å². The lowest BCUT2D eigenvalue weighted by molar-refractivity contribution is 0.914. The topological polar surface area (TPSA) is 109 Å². The van der Waals surface area contributed by atoms with Crippen molar-refractivity contribution in [1.29, 1.82) is 0 Å². The zero-order valence-corrected chi connectivity index (χ0v) is 15.8. The van der Waals surface area contributed by atoms with E-state index in [4.69, 9.17) is 0 Å². The van der Waals surface area contributed by atoms with Crippen LogP contribution in [0.25, 0.3) is 33.2 Å². The Morgan fingerprint density at radius 1 is 1.07 bits per heavy atom. The molecular formula is C20H13N7OS. The van der Waals surface area contributed by atoms with Crippen LogP contribution in [0, 0.1) is 4.91 Å². The van der Waals surface area contributed by atoms with Gasteiger partial charge in [-0.2, -0.15) is 18.8 Å². The molecule has 0 bridgehead atoms. The first-order chi connectivity index (χ1) is 14.3. The highest BCUT2D eigenvalue weighted by Gasteiger charge is 2.28. The van der Waals surface area contributed by atoms with Crippen molar-refractivity contribution in [3.63, 3.8) is 0 Å². The van der Waals surface area contributed by atoms with Gasteiger partial charge in [-0.15, -0.1) is 5.10 Å². The van der Waals surface area contributed by atoms with Gasteiger partial charge in [0.1, 0.15) is 17.6 Å². The number of aromatic nitrogens is 5. The van der Waals surface area contributed by atoms with Crippen LogP contribution >= 0.6 is 11.7 Å². The molecule has 0 aliphatic carbocycles. The van der Waals surface area contributed by atoms with Crippen molar-refractivity contribution < 1.29 is 0 Å². The second-order valence-corrected chi connectivity index (χ2v) is 7.44. The summed E-state index contributed by atoms with van der Waals surface area (Å²) in [6.45, 7) is -0.0294. The molecule has 3 aromatic heterocycles. The molecule has 140 valence electrons. The molecule has 5 aromatic rings. The third kappa shape index (κ3) is 2.37. The zero-order chi connectivity index (χ0) is 19.4. The molecule has 0 radical (unpaired) electrons. The van der Waals surface area contributed by atoms with Crippen LogP contribution in [0.3, 0.4) is 0 Å². The van der Waals surface area contributed by atoms with Gasteiger partial charge in [0.25, 0.3) is 0 Å². The van der Waals surface area contributed by atoms with Crippen molar-refractivity contribution in [3.05, 3.63) is 70.4 Å². The number of anilines is 1. The number of rotatable bonds is 3. The average Bonchev–Trinajstić information content (AvgIpc) is 3.36. The molecule has 0 saturated carbocycles. The van der Waals surface area contributed by atoms with E-state index in [1.165, 1.54) is 11.7 Å². The van der Waals surface area contributed by atoms with Crippen LogP contribution in [0.5, 0.6) is 0 Å². The van der Waals surface area contributed by atoms with Crippen molar-refractivity contribution in [2.45, 2.75) is 12.6 Å². The van der Waals surface area contributed by atoms with Crippen molar-refractivity contribution in [2.24, 2.45) is 5.18 Å². The number of para-hydroxylation sites is 1. The van der Waals surface area contributed by atoms with Gasteiger partial charge >= 0.3 is 0 Å². The Balaban J connectivity index is 1.68. The van der Waals surface area contributed by atoms with Crippen LogP contribution in [0.15, 0.2) is 53.8 Å². The predicted molar refractivity (Wildman–Crippen MR) is 112 cm³/mol. The van der Waals surface area contributed by atoms with E-state index in [9.17, 15) is 4.91 Å². The summed E-state index contributed by atoms with van der Waals surface area (Å²) < 4.78 is 8.69. The summed E-state index contributed by atoms with van der Waals surface area (Å²) >= 11 is 1.21. The number of aromatic amines is 1. The minimum atomic E-state index is -0.126. The Kier molecular flexibility index (Phi) is 3.44. The molecule has 1 aliphatic heterocycles. The molecular weight excluding hydrogens is 386 g/mol. The van der Waals surface area contributed by atoms with E-state index < -0.39 is 0 Å². The monoisotopic (exact) mass is 399 g/mol. The van der Waals surface area contributed by atoms with E-state index in [1.807, 2.05) is 36.5 Å². The quantitative estimate of drug-likeness (QED) is 0.435. The summed E-state index contributed by atoms with van der Waals surface area (Å²) in [6.07, 6.45) is 1.95. The molecule has 1 unspecified atom stereocenters. The fourth-order valence-corrected chi connectivity index (χ4v) is 4.58. The van der Waals surface area contributed by atoms with Gasteiger partial charge in [0, 0.05) is 34.0 Å². The fourth-order valence-electron chi connectivity index (χ4n) is 4.06. The smallest absolute Gasteiger partial charge is 0.160 e. The van der Waals surface area contributed by atoms with Crippen LogP contribution in [0.1, 0.15) is 22.9 Å². The first-order valence-corrected chi connectivity index (χ1v) is 9.80. The molecule has 0 saturated heterocycles. The number of hydrogen-bond donors (Lipinski definition) is 2. The molecule has 29 heavy (non-hydrogen) atoms. The zero-order valence-electron chi connectivity index (χ0n) is 15.0. The third-order valence-corrected chi connectivity index (χ3v) is 5.89. The molecule has 2 N–H and O–H groups in total. The highest BCUT2D eigenvalue weighted by atomic mass is 32.1. The second-order valence-electron chi connectivity index (χ2n) is 6.91. The van der Waals surface area contributed by atoms with Crippen molar-refractivity contribution in [3.8, 4) is 11.1 Å². The van der Waals surface area contributed by atoms with Gasteiger partial charge in [0.05, 0.1) is 23.5 Å². The Morgan fingerprint density at radius 3 is 2.90 bits per heavy atom. The average molecular weight is 399 g/mol. The highest BCUT2D eigenvalue weighted by molar-refractivity contribution is 7.00. The highest BCUT2D eigenvalue weighted by Crippen LogP contribution is 2.44. The Morgan fingerprint density at radius 2 is 1.97 bits per heavy atom. The van der Waals surface area contributed by atoms with Gasteiger partial charge in [-0.1, -0.05) is 29.4 Å². The first-order valence-electron chi connectivity index (χ1n) is 9.07. The van der Waals surface area contributed by atoms with Crippen LogP contribution in [0.2, 0.25) is 0 Å². The van der Waals surface area contributed by atoms with E-state index in [1.54, 1.807) is 0 Å². The predicted octanol–water partition coefficient (Wildman–Crippen LogP) is 4.41. The van der Waals surface area contributed by atoms with Gasteiger partial charge in [-0.05, 0) is 23.8 Å². The van der Waals surface area contributed by atoms with Gasteiger partial charge in [0.2, 0.25) is 0 Å². The molecule has 0 spiro atoms. The van der Waals surface area contributed by atoms with Crippen molar-refractivity contribution >= 4 is 39.5 Å². The maximum absolute atomic E-state index is 11.0. The standard InChI is InChI=1S/C20H13N7OS/c28-22-9-16-17-11-3-1-2-4-13(11)23-19(12-8-21-20(18(12)17)25-24-16)10-5-6-14-15(7-10)27-29-26-14/h1-8,19,23H,9H2,(H,21,25). The number of fused-ring (bicyclic) bond motifs is 3. The maximum atomic E-state index is 11.0. The van der Waals surface area contributed by atoms with E-state index in [0.29, 0.717) is 11.3 Å². The largest absolute Gasteiger partial charge is 0.374 e. The summed E-state index contributed by atoms with van der Waals surface area (Å²) in [5.74, 6) is 0. The third-order valence-electron chi connectivity index (χ3n) is 5.33. The minimum absolute atomic E-state index is 0.0294. The Hall–Kier alpha value is -3.72. The first kappa shape index (κ1) is 16.3. The van der Waals surface area contributed by atoms with Crippen LogP contribution < -0.4 is 5.32 Å². The number of nitrogens with zero attached hydrogens (tertiary/aromatic N) is 5. The van der Waals surface area contributed by atoms with Crippen LogP contribution in [-0.4, -0.2) is 23.9 Å². The van der Waals surface area contributed by atoms with Gasteiger partial charge in [-0.25, -0.2) is 0 Å². The number of hydrogen-bond acceptors (Lipinski definition) is 8. The Bertz CT molecular complexity index is 1410. The lowest BCUT2D eigenvalue weighted by atomic mass is 9.95. The van der Waals surface area contributed by atoms with Crippen molar-refractivity contribution in [2.75, 3.05) is 5.32 Å². The molecule has 2 aromatic carbocycles. The van der Waals surface area contributed by atoms with E-state index in [2.05, 4.69) is 46.6 Å². The fraction of sp³-hybridized carbons (Fsp3) is 0.100.